The second-order valence-corrected chi connectivity index (χ2v) is 18.1. The van der Waals surface area contributed by atoms with Gasteiger partial charge in [0.05, 0.1) is 5.41 Å². The van der Waals surface area contributed by atoms with Gasteiger partial charge in [0.15, 0.2) is 0 Å². The predicted octanol–water partition coefficient (Wildman–Crippen LogP) is 7.90. The summed E-state index contributed by atoms with van der Waals surface area (Å²) in [6.45, 7) is 6.79. The first-order valence-corrected chi connectivity index (χ1v) is 18.7. The Kier molecular flexibility index (Phi) is 10.2. The zero-order chi connectivity index (χ0) is 35.1. The first-order valence-electron chi connectivity index (χ1n) is 15.9. The molecule has 0 heterocycles. The van der Waals surface area contributed by atoms with Gasteiger partial charge in [-0.1, -0.05) is 106 Å². The topological polar surface area (TPSA) is 80.7 Å². The summed E-state index contributed by atoms with van der Waals surface area (Å²) in [6, 6.07) is 30.9. The van der Waals surface area contributed by atoms with Crippen molar-refractivity contribution >= 4 is 39.9 Å². The van der Waals surface area contributed by atoms with Crippen LogP contribution in [0.5, 0.6) is 0 Å². The number of carbonyl (C=O) groups excluding carboxylic acids is 1. The summed E-state index contributed by atoms with van der Waals surface area (Å²) in [5.41, 5.74) is 0.311. The third-order valence-electron chi connectivity index (χ3n) is 9.66. The highest BCUT2D eigenvalue weighted by Gasteiger charge is 2.67. The fourth-order valence-corrected chi connectivity index (χ4v) is 10.5. The van der Waals surface area contributed by atoms with Crippen LogP contribution in [-0.2, 0) is 25.1 Å². The molecule has 0 amide bonds. The number of carbonyl (C=O) groups is 1. The molecule has 4 bridgehead atoms. The van der Waals surface area contributed by atoms with Crippen molar-refractivity contribution in [2.24, 2.45) is 23.2 Å². The molecule has 4 saturated carbocycles. The van der Waals surface area contributed by atoms with Gasteiger partial charge >= 0.3 is 27.5 Å². The summed E-state index contributed by atoms with van der Waals surface area (Å²) >= 11 is 0. The van der Waals surface area contributed by atoms with Crippen LogP contribution in [0.2, 0.25) is 0 Å². The summed E-state index contributed by atoms with van der Waals surface area (Å²) in [5, 5.41) is -1.47. The van der Waals surface area contributed by atoms with Crippen LogP contribution in [0, 0.1) is 23.2 Å². The maximum Gasteiger partial charge on any atom is 0.432 e. The average molecular weight is 711 g/mol. The Morgan fingerprint density at radius 2 is 1.15 bits per heavy atom. The molecule has 4 aliphatic rings. The highest BCUT2D eigenvalue weighted by Crippen LogP contribution is 2.60. The lowest BCUT2D eigenvalue weighted by Gasteiger charge is -2.55. The van der Waals surface area contributed by atoms with Gasteiger partial charge in [-0.3, -0.25) is 9.35 Å². The molecule has 0 radical (unpaired) electrons. The van der Waals surface area contributed by atoms with E-state index in [2.05, 4.69) is 110 Å². The fourth-order valence-electron chi connectivity index (χ4n) is 7.77. The number of hydrogen-bond donors (Lipinski definition) is 1. The highest BCUT2D eigenvalue weighted by molar-refractivity contribution is 7.86. The molecule has 7 rings (SSSR count). The predicted molar refractivity (Wildman–Crippen MR) is 177 cm³/mol. The van der Waals surface area contributed by atoms with Gasteiger partial charge in [0.2, 0.25) is 0 Å². The Labute approximate surface area is 279 Å². The molecule has 0 aliphatic heterocycles. The van der Waals surface area contributed by atoms with Crippen LogP contribution in [0.3, 0.4) is 0 Å². The zero-order valence-corrected chi connectivity index (χ0v) is 28.7. The SMILES string of the molecule is CC(C)(C)c1ccc(P(c2ccccc2)c2ccccc2)cc1.O=C(OC(C(F)(F)F)C(F)(F)S(=O)(=O)O)C12CC3CC(CC(C3)C1)C2. The molecule has 0 saturated heterocycles. The normalized spacial score (nSPS) is 24.5. The molecule has 3 aromatic rings. The summed E-state index contributed by atoms with van der Waals surface area (Å²) in [7, 11) is -6.91. The fraction of sp³-hybridized carbons (Fsp3) is 0.472. The number of alkyl halides is 5. The standard InChI is InChI=1S/C22H23P.C14H17F5O5S/c1-22(2,3)18-14-16-21(17-15-18)23(19-10-6-4-7-11-19)20-12-8-5-9-13-20;15-13(16,17)10(14(18,19)25(21,22)23)24-11(20)12-4-7-1-8(5-12)3-9(2-7)6-12/h4-17H,1-3H3;7-10H,1-6H2,(H,21,22,23). The second-order valence-electron chi connectivity index (χ2n) is 14.4. The van der Waals surface area contributed by atoms with E-state index in [1.54, 1.807) is 0 Å². The van der Waals surface area contributed by atoms with Gasteiger partial charge in [0.25, 0.3) is 6.10 Å². The monoisotopic (exact) mass is 710 g/mol. The molecule has 4 aliphatic carbocycles. The van der Waals surface area contributed by atoms with Crippen molar-refractivity contribution in [1.29, 1.82) is 0 Å². The molecular formula is C36H40F5O5PS. The van der Waals surface area contributed by atoms with Crippen LogP contribution in [0.1, 0.15) is 64.9 Å². The van der Waals surface area contributed by atoms with Crippen molar-refractivity contribution in [3.05, 3.63) is 90.5 Å². The zero-order valence-electron chi connectivity index (χ0n) is 27.0. The quantitative estimate of drug-likeness (QED) is 0.117. The summed E-state index contributed by atoms with van der Waals surface area (Å²) < 4.78 is 99.9. The van der Waals surface area contributed by atoms with Crippen molar-refractivity contribution < 1.29 is 44.5 Å². The van der Waals surface area contributed by atoms with Gasteiger partial charge in [-0.05, 0) is 91.1 Å². The molecule has 3 aromatic carbocycles. The number of ether oxygens (including phenoxy) is 1. The Morgan fingerprint density at radius 1 is 0.750 bits per heavy atom. The lowest BCUT2D eigenvalue weighted by atomic mass is 9.49. The van der Waals surface area contributed by atoms with Crippen LogP contribution in [0.4, 0.5) is 22.0 Å². The molecule has 0 spiro atoms. The summed E-state index contributed by atoms with van der Waals surface area (Å²) in [5.74, 6) is -1.02. The number of rotatable bonds is 7. The molecule has 1 atom stereocenters. The molecule has 0 aromatic heterocycles. The van der Waals surface area contributed by atoms with Crippen molar-refractivity contribution in [3.63, 3.8) is 0 Å². The van der Waals surface area contributed by atoms with Crippen LogP contribution in [0.15, 0.2) is 84.9 Å². The van der Waals surface area contributed by atoms with Crippen LogP contribution >= 0.6 is 7.92 Å². The molecule has 5 nitrogen and oxygen atoms in total. The van der Waals surface area contributed by atoms with E-state index in [-0.39, 0.29) is 42.4 Å². The minimum atomic E-state index is -6.42. The molecule has 1 unspecified atom stereocenters. The van der Waals surface area contributed by atoms with Crippen molar-refractivity contribution in [2.75, 3.05) is 0 Å². The van der Waals surface area contributed by atoms with Gasteiger partial charge in [0, 0.05) is 0 Å². The highest BCUT2D eigenvalue weighted by atomic mass is 32.2. The Hall–Kier alpha value is -2.88. The van der Waals surface area contributed by atoms with E-state index in [1.807, 2.05) is 0 Å². The van der Waals surface area contributed by atoms with E-state index < -0.39 is 47.0 Å². The van der Waals surface area contributed by atoms with E-state index in [0.29, 0.717) is 0 Å². The second kappa shape index (κ2) is 13.4. The Balaban J connectivity index is 0.000000188. The minimum absolute atomic E-state index is 0.144. The largest absolute Gasteiger partial charge is 0.444 e. The number of hydrogen-bond acceptors (Lipinski definition) is 4. The summed E-state index contributed by atoms with van der Waals surface area (Å²) in [4.78, 5) is 12.4. The van der Waals surface area contributed by atoms with Gasteiger partial charge < -0.3 is 4.74 Å². The van der Waals surface area contributed by atoms with Crippen molar-refractivity contribution in [3.8, 4) is 0 Å². The maximum atomic E-state index is 13.6. The van der Waals surface area contributed by atoms with Crippen molar-refractivity contribution in [1.82, 2.24) is 0 Å². The van der Waals surface area contributed by atoms with E-state index in [4.69, 9.17) is 4.55 Å². The first-order chi connectivity index (χ1) is 22.3. The third kappa shape index (κ3) is 7.79. The van der Waals surface area contributed by atoms with E-state index >= 15 is 0 Å². The number of esters is 1. The average Bonchev–Trinajstić information content (AvgIpc) is 2.99. The van der Waals surface area contributed by atoms with Crippen LogP contribution < -0.4 is 15.9 Å². The Morgan fingerprint density at radius 3 is 1.50 bits per heavy atom. The van der Waals surface area contributed by atoms with Crippen LogP contribution in [0.25, 0.3) is 0 Å². The first kappa shape index (κ1) is 36.4. The van der Waals surface area contributed by atoms with Gasteiger partial charge in [-0.25, -0.2) is 0 Å². The molecule has 1 N–H and O–H groups in total. The lowest BCUT2D eigenvalue weighted by molar-refractivity contribution is -0.266. The molecule has 48 heavy (non-hydrogen) atoms. The molecule has 4 fully saturated rings. The molecular weight excluding hydrogens is 670 g/mol. The number of halogens is 5. The van der Waals surface area contributed by atoms with Gasteiger partial charge in [0.1, 0.15) is 0 Å². The lowest BCUT2D eigenvalue weighted by Crippen LogP contribution is -2.56. The third-order valence-corrected chi connectivity index (χ3v) is 13.0. The number of benzene rings is 3. The molecule has 260 valence electrons. The smallest absolute Gasteiger partial charge is 0.432 e. The van der Waals surface area contributed by atoms with E-state index in [9.17, 15) is 35.2 Å². The van der Waals surface area contributed by atoms with Gasteiger partial charge in [-0.15, -0.1) is 0 Å². The minimum Gasteiger partial charge on any atom is -0.444 e. The van der Waals surface area contributed by atoms with E-state index in [0.717, 1.165) is 19.3 Å². The molecule has 12 heteroatoms. The van der Waals surface area contributed by atoms with Crippen molar-refractivity contribution in [2.45, 2.75) is 82.2 Å². The van der Waals surface area contributed by atoms with E-state index in [1.165, 1.54) is 21.5 Å². The summed E-state index contributed by atoms with van der Waals surface area (Å²) in [6.07, 6.45) is -6.73. The van der Waals surface area contributed by atoms with Crippen LogP contribution in [-0.4, -0.2) is 36.5 Å². The Bertz CT molecular complexity index is 1600. The van der Waals surface area contributed by atoms with Gasteiger partial charge in [-0.2, -0.15) is 30.4 Å². The maximum absolute atomic E-state index is 13.6.